The van der Waals surface area contributed by atoms with Crippen LogP contribution in [0.4, 0.5) is 5.69 Å². The van der Waals surface area contributed by atoms with Gasteiger partial charge in [0.2, 0.25) is 0 Å². The van der Waals surface area contributed by atoms with Crippen molar-refractivity contribution in [2.75, 3.05) is 26.2 Å². The van der Waals surface area contributed by atoms with Crippen molar-refractivity contribution < 1.29 is 9.66 Å². The fraction of sp³-hybridized carbons (Fsp3) is 0.571. The molecule has 2 rings (SSSR count). The van der Waals surface area contributed by atoms with Gasteiger partial charge in [-0.2, -0.15) is 0 Å². The predicted octanol–water partition coefficient (Wildman–Crippen LogP) is 1.79. The minimum Gasteiger partial charge on any atom is -0.494 e. The molecule has 0 aromatic heterocycles. The number of hydrogen-bond donors (Lipinski definition) is 1. The summed E-state index contributed by atoms with van der Waals surface area (Å²) in [6.45, 7) is 3.78. The van der Waals surface area contributed by atoms with E-state index in [2.05, 4.69) is 4.90 Å². The van der Waals surface area contributed by atoms with Crippen molar-refractivity contribution in [1.29, 1.82) is 0 Å². The Bertz CT molecular complexity index is 428. The normalized spacial score (nSPS) is 17.1. The molecule has 1 fully saturated rings. The molecule has 0 unspecified atom stereocenters. The molecule has 1 aliphatic heterocycles. The number of benzene rings is 1. The first kappa shape index (κ1) is 14.7. The van der Waals surface area contributed by atoms with Crippen molar-refractivity contribution >= 4 is 5.69 Å². The van der Waals surface area contributed by atoms with Crippen LogP contribution in [0.3, 0.4) is 0 Å². The molecule has 0 radical (unpaired) electrons. The molecule has 20 heavy (non-hydrogen) atoms. The van der Waals surface area contributed by atoms with Gasteiger partial charge in [0, 0.05) is 24.7 Å². The Morgan fingerprint density at radius 1 is 1.30 bits per heavy atom. The van der Waals surface area contributed by atoms with Crippen molar-refractivity contribution in [3.63, 3.8) is 0 Å². The van der Waals surface area contributed by atoms with Crippen molar-refractivity contribution in [2.24, 2.45) is 5.73 Å². The second-order valence-corrected chi connectivity index (χ2v) is 5.13. The van der Waals surface area contributed by atoms with E-state index < -0.39 is 4.92 Å². The Morgan fingerprint density at radius 2 is 1.95 bits per heavy atom. The molecule has 1 heterocycles. The summed E-state index contributed by atoms with van der Waals surface area (Å²) in [5.41, 5.74) is 5.95. The van der Waals surface area contributed by atoms with Gasteiger partial charge < -0.3 is 15.4 Å². The highest BCUT2D eigenvalue weighted by molar-refractivity contribution is 5.35. The van der Waals surface area contributed by atoms with Gasteiger partial charge in [0.15, 0.2) is 0 Å². The highest BCUT2D eigenvalue weighted by Gasteiger charge is 2.15. The Labute approximate surface area is 118 Å². The molecule has 0 saturated carbocycles. The lowest BCUT2D eigenvalue weighted by Crippen LogP contribution is -2.40. The fourth-order valence-corrected chi connectivity index (χ4v) is 2.32. The van der Waals surface area contributed by atoms with Crippen LogP contribution in [0, 0.1) is 10.1 Å². The summed E-state index contributed by atoms with van der Waals surface area (Å²) in [7, 11) is 0. The zero-order chi connectivity index (χ0) is 14.4. The minimum absolute atomic E-state index is 0.0852. The Kier molecular flexibility index (Phi) is 5.31. The molecular weight excluding hydrogens is 258 g/mol. The van der Waals surface area contributed by atoms with Crippen LogP contribution in [0.5, 0.6) is 5.75 Å². The van der Waals surface area contributed by atoms with E-state index >= 15 is 0 Å². The highest BCUT2D eigenvalue weighted by Crippen LogP contribution is 2.17. The number of hydrogen-bond acceptors (Lipinski definition) is 5. The van der Waals surface area contributed by atoms with Crippen LogP contribution in [-0.4, -0.2) is 42.1 Å². The largest absolute Gasteiger partial charge is 0.494 e. The third-order valence-electron chi connectivity index (χ3n) is 3.57. The maximum absolute atomic E-state index is 10.5. The second kappa shape index (κ2) is 7.21. The molecule has 1 aromatic rings. The molecule has 0 bridgehead atoms. The van der Waals surface area contributed by atoms with Crippen molar-refractivity contribution in [1.82, 2.24) is 4.90 Å². The summed E-state index contributed by atoms with van der Waals surface area (Å²) in [5.74, 6) is 0.677. The molecule has 6 heteroatoms. The van der Waals surface area contributed by atoms with E-state index in [0.29, 0.717) is 18.4 Å². The standard InChI is InChI=1S/C14H21N3O3/c15-12-6-9-16(10-7-12)8-1-11-20-14-4-2-13(3-5-14)17(18)19/h2-5,12H,1,6-11,15H2. The smallest absolute Gasteiger partial charge is 0.269 e. The average molecular weight is 279 g/mol. The summed E-state index contributed by atoms with van der Waals surface area (Å²) in [6, 6.07) is 6.56. The summed E-state index contributed by atoms with van der Waals surface area (Å²) in [6.07, 6.45) is 3.10. The lowest BCUT2D eigenvalue weighted by Gasteiger charge is -2.29. The molecular formula is C14H21N3O3. The van der Waals surface area contributed by atoms with Gasteiger partial charge in [-0.1, -0.05) is 0 Å². The van der Waals surface area contributed by atoms with E-state index in [-0.39, 0.29) is 5.69 Å². The molecule has 0 spiro atoms. The Balaban J connectivity index is 1.64. The molecule has 6 nitrogen and oxygen atoms in total. The SMILES string of the molecule is NC1CCN(CCCOc2ccc([N+](=O)[O-])cc2)CC1. The van der Waals surface area contributed by atoms with Gasteiger partial charge in [-0.25, -0.2) is 0 Å². The maximum Gasteiger partial charge on any atom is 0.269 e. The number of nitro groups is 1. The zero-order valence-corrected chi connectivity index (χ0v) is 11.5. The number of nitrogens with zero attached hydrogens (tertiary/aromatic N) is 2. The number of nitrogens with two attached hydrogens (primary N) is 1. The van der Waals surface area contributed by atoms with Gasteiger partial charge in [-0.15, -0.1) is 0 Å². The van der Waals surface area contributed by atoms with E-state index in [1.165, 1.54) is 12.1 Å². The zero-order valence-electron chi connectivity index (χ0n) is 11.5. The second-order valence-electron chi connectivity index (χ2n) is 5.13. The van der Waals surface area contributed by atoms with Crippen LogP contribution >= 0.6 is 0 Å². The van der Waals surface area contributed by atoms with Gasteiger partial charge in [0.1, 0.15) is 5.75 Å². The average Bonchev–Trinajstić information content (AvgIpc) is 2.46. The molecule has 1 aromatic carbocycles. The number of likely N-dealkylation sites (tertiary alicyclic amines) is 1. The summed E-state index contributed by atoms with van der Waals surface area (Å²) >= 11 is 0. The number of rotatable bonds is 6. The van der Waals surface area contributed by atoms with E-state index in [1.54, 1.807) is 12.1 Å². The molecule has 1 aliphatic rings. The lowest BCUT2D eigenvalue weighted by molar-refractivity contribution is -0.384. The first-order chi connectivity index (χ1) is 9.65. The van der Waals surface area contributed by atoms with Gasteiger partial charge >= 0.3 is 0 Å². The molecule has 0 aliphatic carbocycles. The van der Waals surface area contributed by atoms with Crippen molar-refractivity contribution in [3.05, 3.63) is 34.4 Å². The summed E-state index contributed by atoms with van der Waals surface area (Å²) in [4.78, 5) is 12.5. The van der Waals surface area contributed by atoms with E-state index in [4.69, 9.17) is 10.5 Å². The first-order valence-corrected chi connectivity index (χ1v) is 7.00. The monoisotopic (exact) mass is 279 g/mol. The molecule has 0 atom stereocenters. The fourth-order valence-electron chi connectivity index (χ4n) is 2.32. The molecule has 0 amide bonds. The van der Waals surface area contributed by atoms with Crippen LogP contribution in [0.25, 0.3) is 0 Å². The third kappa shape index (κ3) is 4.47. The van der Waals surface area contributed by atoms with Crippen molar-refractivity contribution in [3.8, 4) is 5.75 Å². The van der Waals surface area contributed by atoms with Crippen LogP contribution in [0.2, 0.25) is 0 Å². The quantitative estimate of drug-likeness (QED) is 0.487. The van der Waals surface area contributed by atoms with E-state index in [0.717, 1.165) is 38.9 Å². The molecule has 1 saturated heterocycles. The van der Waals surface area contributed by atoms with Crippen LogP contribution in [-0.2, 0) is 0 Å². The van der Waals surface area contributed by atoms with E-state index in [1.807, 2.05) is 0 Å². The van der Waals surface area contributed by atoms with Crippen LogP contribution in [0.1, 0.15) is 19.3 Å². The number of ether oxygens (including phenoxy) is 1. The summed E-state index contributed by atoms with van der Waals surface area (Å²) < 4.78 is 5.58. The Morgan fingerprint density at radius 3 is 2.55 bits per heavy atom. The highest BCUT2D eigenvalue weighted by atomic mass is 16.6. The predicted molar refractivity (Wildman–Crippen MR) is 76.9 cm³/mol. The number of nitro benzene ring substituents is 1. The van der Waals surface area contributed by atoms with Crippen molar-refractivity contribution in [2.45, 2.75) is 25.3 Å². The number of piperidine rings is 1. The van der Waals surface area contributed by atoms with E-state index in [9.17, 15) is 10.1 Å². The van der Waals surface area contributed by atoms with Crippen LogP contribution in [0.15, 0.2) is 24.3 Å². The third-order valence-corrected chi connectivity index (χ3v) is 3.57. The molecule has 110 valence electrons. The summed E-state index contributed by atoms with van der Waals surface area (Å²) in [5, 5.41) is 10.5. The van der Waals surface area contributed by atoms with Gasteiger partial charge in [-0.05, 0) is 44.5 Å². The maximum atomic E-state index is 10.5. The minimum atomic E-state index is -0.412. The molecule has 2 N–H and O–H groups in total. The van der Waals surface area contributed by atoms with Crippen LogP contribution < -0.4 is 10.5 Å². The van der Waals surface area contributed by atoms with Gasteiger partial charge in [-0.3, -0.25) is 10.1 Å². The van der Waals surface area contributed by atoms with Gasteiger partial charge in [0.05, 0.1) is 11.5 Å². The van der Waals surface area contributed by atoms with Gasteiger partial charge in [0.25, 0.3) is 5.69 Å². The Hall–Kier alpha value is -1.66. The first-order valence-electron chi connectivity index (χ1n) is 7.00. The lowest BCUT2D eigenvalue weighted by atomic mass is 10.1. The number of non-ortho nitro benzene ring substituents is 1. The topological polar surface area (TPSA) is 81.6 Å².